The molecule has 5 nitrogen and oxygen atoms in total. The summed E-state index contributed by atoms with van der Waals surface area (Å²) in [6.45, 7) is 1.95. The van der Waals surface area contributed by atoms with Crippen LogP contribution in [0.5, 0.6) is 5.75 Å². The fourth-order valence-corrected chi connectivity index (χ4v) is 4.69. The van der Waals surface area contributed by atoms with E-state index in [0.29, 0.717) is 17.0 Å². The van der Waals surface area contributed by atoms with Crippen molar-refractivity contribution >= 4 is 27.8 Å². The second-order valence-corrected chi connectivity index (χ2v) is 20.1. The van der Waals surface area contributed by atoms with E-state index in [2.05, 4.69) is 30.9 Å². The Morgan fingerprint density at radius 1 is 1.23 bits per heavy atom. The van der Waals surface area contributed by atoms with E-state index in [0.717, 1.165) is 5.82 Å². The molecule has 0 spiro atoms. The summed E-state index contributed by atoms with van der Waals surface area (Å²) in [4.78, 5) is 15.6. The van der Waals surface area contributed by atoms with Gasteiger partial charge in [0.15, 0.2) is 0 Å². The van der Waals surface area contributed by atoms with Crippen molar-refractivity contribution in [3.05, 3.63) is 41.9 Å². The van der Waals surface area contributed by atoms with Gasteiger partial charge in [-0.25, -0.2) is 0 Å². The number of nitrogens with zero attached hydrogens (tertiary/aromatic N) is 3. The second kappa shape index (κ2) is 7.99. The normalized spacial score (nSPS) is 10.2. The molecule has 116 valence electrons. The van der Waals surface area contributed by atoms with Gasteiger partial charge in [-0.2, -0.15) is 5.26 Å². The molecule has 0 aliphatic heterocycles. The quantitative estimate of drug-likeness (QED) is 0.613. The number of nitriles is 1. The van der Waals surface area contributed by atoms with Crippen LogP contribution in [0.25, 0.3) is 0 Å². The second-order valence-electron chi connectivity index (χ2n) is 5.80. The zero-order valence-electron chi connectivity index (χ0n) is 13.7. The van der Waals surface area contributed by atoms with Crippen LogP contribution in [0.2, 0.25) is 14.8 Å². The summed E-state index contributed by atoms with van der Waals surface area (Å²) in [6, 6.07) is 9.00. The van der Waals surface area contributed by atoms with Gasteiger partial charge in [-0.05, 0) is 18.2 Å². The fraction of sp³-hybridized carbons (Fsp3) is 0.312. The first kappa shape index (κ1) is 18.2. The zero-order chi connectivity index (χ0) is 16.8. The summed E-state index contributed by atoms with van der Waals surface area (Å²) in [5, 5.41) is 8.55. The number of anilines is 1. The number of rotatable bonds is 2. The predicted octanol–water partition coefficient (Wildman–Crippen LogP) is 2.48. The van der Waals surface area contributed by atoms with Crippen LogP contribution in [-0.2, 0) is 0 Å². The van der Waals surface area contributed by atoms with Crippen molar-refractivity contribution in [3.8, 4) is 11.8 Å². The standard InChI is InChI=1S/C8H8N2O.C5H5N2.3CH3.Sn/c1-11-7-2-3-8(10)6(4-7)5-9;1-5-6-3-2-4-7-5;;;;/h2-4H,10H2,1H3;2-3H,1H3;3*1H3;. The van der Waals surface area contributed by atoms with E-state index in [1.54, 1.807) is 25.3 Å². The first-order chi connectivity index (χ1) is 10.3. The van der Waals surface area contributed by atoms with Gasteiger partial charge < -0.3 is 10.5 Å². The summed E-state index contributed by atoms with van der Waals surface area (Å²) >= 11 is -1.91. The molecule has 1 heterocycles. The fourth-order valence-electron chi connectivity index (χ4n) is 1.63. The van der Waals surface area contributed by atoms with Gasteiger partial charge in [0.25, 0.3) is 0 Å². The minimum absolute atomic E-state index is 0.448. The van der Waals surface area contributed by atoms with E-state index in [9.17, 15) is 0 Å². The number of nitrogens with two attached hydrogens (primary N) is 1. The Morgan fingerprint density at radius 3 is 2.36 bits per heavy atom. The van der Waals surface area contributed by atoms with Crippen LogP contribution in [0.3, 0.4) is 0 Å². The molecule has 0 amide bonds. The summed E-state index contributed by atoms with van der Waals surface area (Å²) in [5.74, 6) is 1.55. The number of methoxy groups -OCH3 is 1. The Kier molecular flexibility index (Phi) is 6.62. The van der Waals surface area contributed by atoms with Crippen LogP contribution in [0.15, 0.2) is 30.5 Å². The number of hydrogen-bond donors (Lipinski definition) is 1. The van der Waals surface area contributed by atoms with E-state index >= 15 is 0 Å². The summed E-state index contributed by atoms with van der Waals surface area (Å²) in [5.41, 5.74) is 6.40. The summed E-state index contributed by atoms with van der Waals surface area (Å²) < 4.78 is 6.22. The molecule has 0 aliphatic rings. The van der Waals surface area contributed by atoms with Crippen molar-refractivity contribution in [2.24, 2.45) is 0 Å². The molecular weight excluding hydrogens is 383 g/mol. The van der Waals surface area contributed by atoms with E-state index < -0.39 is 18.4 Å². The molecule has 1 aromatic heterocycles. The maximum atomic E-state index is 8.55. The summed E-state index contributed by atoms with van der Waals surface area (Å²) in [6.07, 6.45) is 1.86. The molecule has 0 radical (unpaired) electrons. The third kappa shape index (κ3) is 5.52. The Labute approximate surface area is 136 Å². The van der Waals surface area contributed by atoms with Gasteiger partial charge in [0, 0.05) is 5.69 Å². The van der Waals surface area contributed by atoms with Gasteiger partial charge in [0.05, 0.1) is 12.7 Å². The molecule has 0 fully saturated rings. The van der Waals surface area contributed by atoms with Crippen LogP contribution in [0.4, 0.5) is 5.69 Å². The number of nitrogen functional groups attached to an aromatic ring is 1. The van der Waals surface area contributed by atoms with Crippen molar-refractivity contribution in [1.29, 1.82) is 5.26 Å². The molecule has 0 saturated carbocycles. The third-order valence-corrected chi connectivity index (χ3v) is 8.11. The van der Waals surface area contributed by atoms with Crippen molar-refractivity contribution in [3.63, 3.8) is 0 Å². The minimum atomic E-state index is -1.91. The first-order valence-electron chi connectivity index (χ1n) is 6.91. The van der Waals surface area contributed by atoms with E-state index in [-0.39, 0.29) is 0 Å². The van der Waals surface area contributed by atoms with Gasteiger partial charge in [0.1, 0.15) is 11.8 Å². The Balaban J connectivity index is 0.000000220. The topological polar surface area (TPSA) is 84.8 Å². The van der Waals surface area contributed by atoms with Crippen molar-refractivity contribution < 1.29 is 4.74 Å². The molecule has 1 aromatic carbocycles. The average Bonchev–Trinajstić information content (AvgIpc) is 2.47. The number of aryl methyl sites for hydroxylation is 1. The SMILES string of the molecule is COc1ccc(N)c(C#N)c1.Cc1ncc[c]([Sn]([CH3])([CH3])[CH3])n1. The summed E-state index contributed by atoms with van der Waals surface area (Å²) in [7, 11) is 1.55. The number of hydrogen-bond acceptors (Lipinski definition) is 5. The molecule has 0 bridgehead atoms. The first-order valence-corrected chi connectivity index (χ1v) is 16.9. The molecular formula is C16H22N4OSn. The average molecular weight is 405 g/mol. The van der Waals surface area contributed by atoms with Crippen molar-refractivity contribution in [2.75, 3.05) is 12.8 Å². The predicted molar refractivity (Wildman–Crippen MR) is 91.9 cm³/mol. The molecule has 2 N–H and O–H groups in total. The number of aromatic nitrogens is 2. The van der Waals surface area contributed by atoms with Crippen LogP contribution in [0.1, 0.15) is 11.4 Å². The van der Waals surface area contributed by atoms with Gasteiger partial charge in [-0.15, -0.1) is 0 Å². The Hall–Kier alpha value is -1.81. The number of ether oxygens (including phenoxy) is 1. The molecule has 2 rings (SSSR count). The van der Waals surface area contributed by atoms with Gasteiger partial charge >= 0.3 is 71.9 Å². The van der Waals surface area contributed by atoms with Crippen molar-refractivity contribution in [2.45, 2.75) is 21.7 Å². The Bertz CT molecular complexity index is 675. The Morgan fingerprint density at radius 2 is 1.91 bits per heavy atom. The molecule has 0 aliphatic carbocycles. The molecule has 0 saturated heterocycles. The van der Waals surface area contributed by atoms with E-state index in [1.807, 2.05) is 19.2 Å². The number of benzene rings is 1. The van der Waals surface area contributed by atoms with Gasteiger partial charge in [0.2, 0.25) is 0 Å². The maximum absolute atomic E-state index is 8.55. The zero-order valence-corrected chi connectivity index (χ0v) is 16.6. The molecule has 22 heavy (non-hydrogen) atoms. The van der Waals surface area contributed by atoms with Crippen molar-refractivity contribution in [1.82, 2.24) is 9.97 Å². The van der Waals surface area contributed by atoms with Crippen LogP contribution in [-0.4, -0.2) is 35.5 Å². The molecule has 0 atom stereocenters. The van der Waals surface area contributed by atoms with Gasteiger partial charge in [-0.3, -0.25) is 0 Å². The van der Waals surface area contributed by atoms with E-state index in [4.69, 9.17) is 15.7 Å². The molecule has 6 heteroatoms. The van der Waals surface area contributed by atoms with E-state index in [1.165, 1.54) is 3.71 Å². The molecule has 2 aromatic rings. The van der Waals surface area contributed by atoms with Crippen LogP contribution in [0, 0.1) is 18.3 Å². The molecule has 0 unspecified atom stereocenters. The van der Waals surface area contributed by atoms with Crippen LogP contribution >= 0.6 is 0 Å². The third-order valence-electron chi connectivity index (χ3n) is 2.93. The van der Waals surface area contributed by atoms with Crippen LogP contribution < -0.4 is 14.2 Å². The monoisotopic (exact) mass is 406 g/mol. The van der Waals surface area contributed by atoms with Gasteiger partial charge in [-0.1, -0.05) is 0 Å².